The molecular weight excluding hydrogens is 475 g/mol. The van der Waals surface area contributed by atoms with Gasteiger partial charge in [-0.25, -0.2) is 14.2 Å². The molecule has 4 heterocycles. The summed E-state index contributed by atoms with van der Waals surface area (Å²) < 4.78 is 32.4. The molecule has 9 heteroatoms. The summed E-state index contributed by atoms with van der Waals surface area (Å²) in [5.74, 6) is -0.311. The standard InChI is InChI=1S/C28H23FN4O4/c1-16(27-31-28(34)37-32-27)26-20-8-6-17(11-18(20)14-36-24-13-19(29)7-9-21(24)26)12-23-22(15-35-2)30-25-5-3-4-10-33(23)25/h3-11,13H,12,14-15H2,1-2H3,(H,31,32,34). The minimum atomic E-state index is -0.644. The van der Waals surface area contributed by atoms with Crippen LogP contribution in [0.15, 0.2) is 70.1 Å². The normalized spacial score (nSPS) is 14.1. The summed E-state index contributed by atoms with van der Waals surface area (Å²) in [6.45, 7) is 2.51. The quantitative estimate of drug-likeness (QED) is 0.376. The Bertz CT molecular complexity index is 1730. The van der Waals surface area contributed by atoms with Crippen molar-refractivity contribution < 1.29 is 18.4 Å². The first-order chi connectivity index (χ1) is 18.0. The van der Waals surface area contributed by atoms with E-state index in [0.717, 1.165) is 39.3 Å². The lowest BCUT2D eigenvalue weighted by Crippen LogP contribution is -2.03. The summed E-state index contributed by atoms with van der Waals surface area (Å²) in [6, 6.07) is 16.5. The lowest BCUT2D eigenvalue weighted by Gasteiger charge is -2.14. The number of aromatic nitrogens is 4. The van der Waals surface area contributed by atoms with Gasteiger partial charge in [-0.15, -0.1) is 0 Å². The van der Waals surface area contributed by atoms with Crippen molar-refractivity contribution in [2.24, 2.45) is 0 Å². The number of methoxy groups -OCH3 is 1. The Labute approximate surface area is 211 Å². The molecule has 3 aromatic heterocycles. The maximum absolute atomic E-state index is 14.1. The summed E-state index contributed by atoms with van der Waals surface area (Å²) in [4.78, 5) is 19.0. The van der Waals surface area contributed by atoms with Gasteiger partial charge < -0.3 is 13.9 Å². The molecule has 0 unspecified atom stereocenters. The summed E-state index contributed by atoms with van der Waals surface area (Å²) >= 11 is 0. The van der Waals surface area contributed by atoms with Gasteiger partial charge in [0.2, 0.25) is 0 Å². The molecule has 1 aliphatic heterocycles. The fourth-order valence-electron chi connectivity index (χ4n) is 4.89. The van der Waals surface area contributed by atoms with Crippen molar-refractivity contribution in [3.63, 3.8) is 0 Å². The van der Waals surface area contributed by atoms with Gasteiger partial charge in [-0.1, -0.05) is 29.4 Å². The Morgan fingerprint density at radius 2 is 2.03 bits per heavy atom. The Morgan fingerprint density at radius 1 is 1.16 bits per heavy atom. The third-order valence-corrected chi connectivity index (χ3v) is 6.57. The maximum Gasteiger partial charge on any atom is 0.439 e. The lowest BCUT2D eigenvalue weighted by atomic mass is 9.89. The van der Waals surface area contributed by atoms with Crippen LogP contribution in [0.25, 0.3) is 16.8 Å². The van der Waals surface area contributed by atoms with E-state index in [1.165, 1.54) is 12.1 Å². The van der Waals surface area contributed by atoms with E-state index in [-0.39, 0.29) is 6.61 Å². The number of H-pyrrole nitrogens is 1. The van der Waals surface area contributed by atoms with Gasteiger partial charge in [0.05, 0.1) is 18.0 Å². The SMILES string of the molecule is COCc1nc2ccccn2c1Cc1ccc2c(c1)COc1cc(F)ccc1C2=C(C)c1noc(=O)[nH]1. The highest BCUT2D eigenvalue weighted by Gasteiger charge is 2.24. The van der Waals surface area contributed by atoms with Crippen LogP contribution in [0.4, 0.5) is 4.39 Å². The largest absolute Gasteiger partial charge is 0.488 e. The number of rotatable bonds is 5. The number of benzene rings is 2. The molecule has 1 aliphatic rings. The first-order valence-corrected chi connectivity index (χ1v) is 11.8. The van der Waals surface area contributed by atoms with Crippen molar-refractivity contribution in [3.05, 3.63) is 117 Å². The predicted molar refractivity (Wildman–Crippen MR) is 135 cm³/mol. The van der Waals surface area contributed by atoms with Gasteiger partial charge in [0.25, 0.3) is 0 Å². The zero-order chi connectivity index (χ0) is 25.5. The van der Waals surface area contributed by atoms with E-state index in [9.17, 15) is 9.18 Å². The molecule has 186 valence electrons. The first-order valence-electron chi connectivity index (χ1n) is 11.8. The summed E-state index contributed by atoms with van der Waals surface area (Å²) in [6.07, 6.45) is 2.63. The highest BCUT2D eigenvalue weighted by molar-refractivity contribution is 5.99. The molecule has 2 aromatic carbocycles. The highest BCUT2D eigenvalue weighted by atomic mass is 19.1. The van der Waals surface area contributed by atoms with Gasteiger partial charge in [-0.05, 0) is 53.5 Å². The molecule has 8 nitrogen and oxygen atoms in total. The van der Waals surface area contributed by atoms with Crippen molar-refractivity contribution in [2.45, 2.75) is 26.6 Å². The second-order valence-corrected chi connectivity index (χ2v) is 8.91. The van der Waals surface area contributed by atoms with Crippen molar-refractivity contribution in [1.29, 1.82) is 0 Å². The number of nitrogens with zero attached hydrogens (tertiary/aromatic N) is 3. The van der Waals surface area contributed by atoms with E-state index >= 15 is 0 Å². The van der Waals surface area contributed by atoms with Crippen LogP contribution in [0, 0.1) is 5.82 Å². The molecule has 5 aromatic rings. The van der Waals surface area contributed by atoms with Crippen molar-refractivity contribution in [2.75, 3.05) is 7.11 Å². The average Bonchev–Trinajstić information content (AvgIpc) is 3.44. The third kappa shape index (κ3) is 4.13. The van der Waals surface area contributed by atoms with Crippen molar-refractivity contribution >= 4 is 16.8 Å². The molecule has 1 N–H and O–H groups in total. The number of fused-ring (bicyclic) bond motifs is 3. The molecule has 0 fully saturated rings. The minimum Gasteiger partial charge on any atom is -0.488 e. The zero-order valence-corrected chi connectivity index (χ0v) is 20.2. The number of hydrogen-bond donors (Lipinski definition) is 1. The molecule has 0 spiro atoms. The van der Waals surface area contributed by atoms with Crippen LogP contribution in [-0.2, 0) is 24.4 Å². The molecule has 0 radical (unpaired) electrons. The molecule has 0 aliphatic carbocycles. The summed E-state index contributed by atoms with van der Waals surface area (Å²) in [5, 5.41) is 3.87. The third-order valence-electron chi connectivity index (χ3n) is 6.57. The number of allylic oxidation sites excluding steroid dienone is 1. The molecule has 0 saturated carbocycles. The number of hydrogen-bond acceptors (Lipinski definition) is 6. The molecule has 0 amide bonds. The van der Waals surface area contributed by atoms with E-state index in [0.29, 0.717) is 35.7 Å². The van der Waals surface area contributed by atoms with E-state index in [4.69, 9.17) is 19.0 Å². The number of pyridine rings is 1. The fraction of sp³-hybridized carbons (Fsp3) is 0.179. The monoisotopic (exact) mass is 498 g/mol. The number of imidazole rings is 1. The van der Waals surface area contributed by atoms with E-state index in [1.807, 2.05) is 37.4 Å². The molecule has 0 atom stereocenters. The van der Waals surface area contributed by atoms with E-state index in [1.54, 1.807) is 13.2 Å². The number of nitrogens with one attached hydrogen (secondary N) is 1. The van der Waals surface area contributed by atoms with Gasteiger partial charge >= 0.3 is 5.76 Å². The predicted octanol–water partition coefficient (Wildman–Crippen LogP) is 4.76. The number of aromatic amines is 1. The molecule has 0 bridgehead atoms. The summed E-state index contributed by atoms with van der Waals surface area (Å²) in [7, 11) is 1.66. The van der Waals surface area contributed by atoms with Gasteiger partial charge in [-0.3, -0.25) is 9.51 Å². The van der Waals surface area contributed by atoms with E-state index in [2.05, 4.69) is 26.7 Å². The van der Waals surface area contributed by atoms with Crippen LogP contribution in [-0.4, -0.2) is 26.6 Å². The molecule has 6 rings (SSSR count). The Balaban J connectivity index is 1.48. The van der Waals surface area contributed by atoms with Crippen molar-refractivity contribution in [3.8, 4) is 5.75 Å². The zero-order valence-electron chi connectivity index (χ0n) is 20.2. The van der Waals surface area contributed by atoms with Gasteiger partial charge in [-0.2, -0.15) is 0 Å². The van der Waals surface area contributed by atoms with Crippen LogP contribution in [0.1, 0.15) is 46.4 Å². The summed E-state index contributed by atoms with van der Waals surface area (Å²) in [5.41, 5.74) is 7.87. The van der Waals surface area contributed by atoms with Crippen molar-refractivity contribution in [1.82, 2.24) is 19.5 Å². The maximum atomic E-state index is 14.1. The van der Waals surface area contributed by atoms with Gasteiger partial charge in [0.1, 0.15) is 23.8 Å². The number of ether oxygens (including phenoxy) is 2. The smallest absolute Gasteiger partial charge is 0.439 e. The fourth-order valence-corrected chi connectivity index (χ4v) is 4.89. The average molecular weight is 499 g/mol. The van der Waals surface area contributed by atoms with Crippen LogP contribution < -0.4 is 10.5 Å². The molecule has 0 saturated heterocycles. The van der Waals surface area contributed by atoms with Crippen LogP contribution in [0.3, 0.4) is 0 Å². The van der Waals surface area contributed by atoms with Gasteiger partial charge in [0.15, 0.2) is 5.82 Å². The Kier molecular flexibility index (Phi) is 5.69. The second kappa shape index (κ2) is 9.18. The lowest BCUT2D eigenvalue weighted by molar-refractivity contribution is 0.181. The van der Waals surface area contributed by atoms with Crippen LogP contribution >= 0.6 is 0 Å². The van der Waals surface area contributed by atoms with Crippen LogP contribution in [0.2, 0.25) is 0 Å². The topological polar surface area (TPSA) is 94.7 Å². The first kappa shape index (κ1) is 22.9. The Hall–Kier alpha value is -4.50. The Morgan fingerprint density at radius 3 is 2.84 bits per heavy atom. The number of halogens is 1. The molecule has 37 heavy (non-hydrogen) atoms. The van der Waals surface area contributed by atoms with Crippen LogP contribution in [0.5, 0.6) is 5.75 Å². The highest BCUT2D eigenvalue weighted by Crippen LogP contribution is 2.41. The molecular formula is C28H23FN4O4. The van der Waals surface area contributed by atoms with E-state index < -0.39 is 11.6 Å². The van der Waals surface area contributed by atoms with Gasteiger partial charge in [0, 0.05) is 36.9 Å². The second-order valence-electron chi connectivity index (χ2n) is 8.91. The minimum absolute atomic E-state index is 0.254.